The number of ketones is 1. The second kappa shape index (κ2) is 22.7. The minimum atomic E-state index is -0.848. The summed E-state index contributed by atoms with van der Waals surface area (Å²) in [7, 11) is 1.52. The Morgan fingerprint density at radius 2 is 1.77 bits per heavy atom. The predicted octanol–water partition coefficient (Wildman–Crippen LogP) is 9.03. The quantitative estimate of drug-likeness (QED) is 0.0479. The fourth-order valence-corrected chi connectivity index (χ4v) is 11.9. The van der Waals surface area contributed by atoms with Crippen LogP contribution in [-0.4, -0.2) is 90.8 Å². The van der Waals surface area contributed by atoms with Crippen LogP contribution in [-0.2, 0) is 31.1 Å². The van der Waals surface area contributed by atoms with Crippen LogP contribution in [0.4, 0.5) is 11.5 Å². The van der Waals surface area contributed by atoms with E-state index in [4.69, 9.17) is 35.4 Å². The predicted molar refractivity (Wildman–Crippen MR) is 294 cm³/mol. The molecule has 4 atom stereocenters. The smallest absolute Gasteiger partial charge is 0.204 e. The van der Waals surface area contributed by atoms with Crippen molar-refractivity contribution < 1.29 is 39.1 Å². The Labute approximate surface area is 439 Å². The van der Waals surface area contributed by atoms with E-state index in [1.165, 1.54) is 12.7 Å². The lowest BCUT2D eigenvalue weighted by Crippen LogP contribution is -2.60. The molecule has 6 aromatic rings. The lowest BCUT2D eigenvalue weighted by molar-refractivity contribution is 0.0834. The van der Waals surface area contributed by atoms with Gasteiger partial charge in [0.25, 0.3) is 0 Å². The van der Waals surface area contributed by atoms with Crippen LogP contribution in [0.25, 0.3) is 17.2 Å². The molecule has 11 rings (SSSR count). The van der Waals surface area contributed by atoms with Crippen LogP contribution in [0, 0.1) is 5.92 Å². The zero-order valence-electron chi connectivity index (χ0n) is 43.0. The first-order valence-electron chi connectivity index (χ1n) is 26.6. The number of methoxy groups -OCH3 is 1. The van der Waals surface area contributed by atoms with Gasteiger partial charge in [-0.25, -0.2) is 4.99 Å². The van der Waals surface area contributed by atoms with Crippen LogP contribution in [0.1, 0.15) is 101 Å². The van der Waals surface area contributed by atoms with Crippen molar-refractivity contribution in [2.75, 3.05) is 51.5 Å². The number of nitrogens with two attached hydrogens (primary N) is 2. The molecule has 0 amide bonds. The van der Waals surface area contributed by atoms with E-state index in [0.29, 0.717) is 42.0 Å². The van der Waals surface area contributed by atoms with Crippen LogP contribution in [0.15, 0.2) is 114 Å². The maximum Gasteiger partial charge on any atom is 0.204 e. The molecular formula is C61H70N6O8. The summed E-state index contributed by atoms with van der Waals surface area (Å²) in [5.74, 6) is 1.50. The molecule has 9 N–H and O–H groups in total. The van der Waals surface area contributed by atoms with Crippen molar-refractivity contribution >= 4 is 29.3 Å². The van der Waals surface area contributed by atoms with Crippen molar-refractivity contribution in [1.82, 2.24) is 10.3 Å². The Kier molecular flexibility index (Phi) is 15.5. The zero-order chi connectivity index (χ0) is 52.1. The van der Waals surface area contributed by atoms with Crippen LogP contribution in [0.2, 0.25) is 0 Å². The third kappa shape index (κ3) is 10.8. The fraction of sp³-hybridized carbons (Fsp3) is 0.377. The van der Waals surface area contributed by atoms with E-state index >= 15 is 0 Å². The highest BCUT2D eigenvalue weighted by atomic mass is 16.5. The van der Waals surface area contributed by atoms with E-state index in [1.54, 1.807) is 30.3 Å². The summed E-state index contributed by atoms with van der Waals surface area (Å²) >= 11 is 0. The Hall–Kier alpha value is -7.26. The number of aliphatic hydroxyl groups excluding tert-OH is 2. The highest BCUT2D eigenvalue weighted by Crippen LogP contribution is 2.54. The van der Waals surface area contributed by atoms with E-state index in [1.807, 2.05) is 36.4 Å². The number of aliphatic imine (C=N–C) groups is 1. The second-order valence-corrected chi connectivity index (χ2v) is 20.5. The van der Waals surface area contributed by atoms with Crippen LogP contribution >= 0.6 is 0 Å². The number of ether oxygens (including phenoxy) is 4. The number of nitrogens with zero attached hydrogens (tertiary/aromatic N) is 2. The van der Waals surface area contributed by atoms with Gasteiger partial charge < -0.3 is 60.9 Å². The number of phenols is 1. The zero-order valence-corrected chi connectivity index (χ0v) is 43.0. The Morgan fingerprint density at radius 1 is 0.960 bits per heavy atom. The third-order valence-electron chi connectivity index (χ3n) is 15.7. The molecule has 4 bridgehead atoms. The molecule has 5 aliphatic rings. The molecule has 1 spiro atoms. The standard InChI is InChI=1S/C61H70N6O8/c1-3-45-33-49-42-13-9-12-39(30-42)15-23-48-55-54(51(71)34-52(75-55)41-17-21-46(69)22-18-41)57(73-29-24-47(70)20-14-38-10-5-4-6-11-38)58(72-2)56(48)74-37-40(36-68)31-43-16-19-44(32-50(43)66-60(62)63)61(25-7-8-26-61)53-35-64-27-28-67(53)59(49)65-45/h4-6,9-14,16-22,30,32-33,40,47,52-53,64-65,68-70H,3,7-8,15,23-29,31,34-37H2,1-2H3,(H4,62,63,66). The number of aliphatic hydroxyl groups is 2. The lowest BCUT2D eigenvalue weighted by Gasteiger charge is -2.48. The molecule has 14 heteroatoms. The summed E-state index contributed by atoms with van der Waals surface area (Å²) in [5, 5.41) is 36.3. The number of fused-ring (bicyclic) bond motifs is 7. The van der Waals surface area contributed by atoms with Gasteiger partial charge in [-0.15, -0.1) is 0 Å². The lowest BCUT2D eigenvalue weighted by atomic mass is 9.71. The monoisotopic (exact) mass is 1010 g/mol. The van der Waals surface area contributed by atoms with Gasteiger partial charge in [0, 0.05) is 60.8 Å². The van der Waals surface area contributed by atoms with Crippen molar-refractivity contribution in [3.05, 3.63) is 154 Å². The van der Waals surface area contributed by atoms with Gasteiger partial charge >= 0.3 is 0 Å². The largest absolute Gasteiger partial charge is 0.508 e. The minimum absolute atomic E-state index is 0.00126. The van der Waals surface area contributed by atoms with Gasteiger partial charge in [-0.05, 0) is 96.2 Å². The van der Waals surface area contributed by atoms with E-state index in [2.05, 4.69) is 70.7 Å². The maximum atomic E-state index is 14.8. The molecule has 2 fully saturated rings. The summed E-state index contributed by atoms with van der Waals surface area (Å²) in [6, 6.07) is 34.1. The highest BCUT2D eigenvalue weighted by molar-refractivity contribution is 6.04. The van der Waals surface area contributed by atoms with Crippen molar-refractivity contribution in [2.45, 2.75) is 94.8 Å². The second-order valence-electron chi connectivity index (χ2n) is 20.5. The molecule has 392 valence electrons. The number of nitrogens with one attached hydrogen (secondary N) is 2. The van der Waals surface area contributed by atoms with Crippen molar-refractivity contribution in [1.29, 1.82) is 0 Å². The van der Waals surface area contributed by atoms with E-state index < -0.39 is 18.1 Å². The molecule has 1 saturated heterocycles. The number of piperazine rings is 1. The number of Topliss-reactive ketones (excluding diaryl/α,β-unsaturated/α-hetero) is 1. The number of carbonyl (C=O) groups excluding carboxylic acids is 1. The molecule has 1 saturated carbocycles. The summed E-state index contributed by atoms with van der Waals surface area (Å²) in [5.41, 5.74) is 21.9. The Balaban J connectivity index is 1.12. The third-order valence-corrected chi connectivity index (χ3v) is 15.7. The van der Waals surface area contributed by atoms with Gasteiger partial charge in [-0.1, -0.05) is 111 Å². The molecular weight excluding hydrogens is 945 g/mol. The molecule has 1 aromatic heterocycles. The first-order chi connectivity index (χ1) is 36.5. The molecule has 14 nitrogen and oxygen atoms in total. The number of hydrogen-bond donors (Lipinski definition) is 7. The van der Waals surface area contributed by atoms with Crippen molar-refractivity contribution in [3.8, 4) is 39.9 Å². The molecule has 0 radical (unpaired) electrons. The normalized spacial score (nSPS) is 19.8. The summed E-state index contributed by atoms with van der Waals surface area (Å²) in [6.45, 7) is 4.52. The Bertz CT molecular complexity index is 3030. The number of aromatic nitrogens is 1. The van der Waals surface area contributed by atoms with Crippen LogP contribution in [0.5, 0.6) is 28.7 Å². The van der Waals surface area contributed by atoms with E-state index in [9.17, 15) is 20.1 Å². The number of aryl methyl sites for hydroxylation is 2. The number of hydrogen-bond acceptors (Lipinski definition) is 11. The SMILES string of the molecule is CCc1cc2c([nH]1)N1CCNCC1C1(CCCC1)c1ccc(c(N=C(N)N)c1)CC(CO)COc1c(c3c(c(OCCC(O)C=Cc4ccccc4)c1OC)C(=O)CC(c1ccc(O)cc1)O3)CCc1cccc-2c1. The summed E-state index contributed by atoms with van der Waals surface area (Å²) < 4.78 is 26.8. The number of aromatic amines is 1. The number of rotatable bonds is 11. The maximum absolute atomic E-state index is 14.8. The van der Waals surface area contributed by atoms with Gasteiger partial charge in [0.2, 0.25) is 5.75 Å². The number of aromatic hydroxyl groups is 1. The first-order valence-corrected chi connectivity index (χ1v) is 26.6. The summed E-state index contributed by atoms with van der Waals surface area (Å²) in [4.78, 5) is 26.1. The average molecular weight is 1020 g/mol. The van der Waals surface area contributed by atoms with Gasteiger partial charge in [0.1, 0.15) is 29.0 Å². The minimum Gasteiger partial charge on any atom is -0.508 e. The van der Waals surface area contributed by atoms with Gasteiger partial charge in [-0.2, -0.15) is 0 Å². The van der Waals surface area contributed by atoms with Crippen LogP contribution < -0.4 is 40.6 Å². The topological polar surface area (TPSA) is 210 Å². The highest BCUT2D eigenvalue weighted by Gasteiger charge is 2.47. The van der Waals surface area contributed by atoms with Crippen LogP contribution in [0.3, 0.4) is 0 Å². The van der Waals surface area contributed by atoms with Gasteiger partial charge in [0.15, 0.2) is 23.2 Å². The molecule has 5 heterocycles. The Morgan fingerprint density at radius 3 is 2.53 bits per heavy atom. The number of benzene rings is 5. The summed E-state index contributed by atoms with van der Waals surface area (Å²) in [6.07, 6.45) is 8.64. The molecule has 5 aromatic carbocycles. The van der Waals surface area contributed by atoms with Crippen molar-refractivity contribution in [3.63, 3.8) is 0 Å². The molecule has 75 heavy (non-hydrogen) atoms. The number of guanidine groups is 1. The molecule has 4 unspecified atom stereocenters. The number of anilines is 1. The average Bonchev–Trinajstić information content (AvgIpc) is 4.11. The fourth-order valence-electron chi connectivity index (χ4n) is 11.9. The number of H-pyrrole nitrogens is 1. The van der Waals surface area contributed by atoms with Gasteiger partial charge in [0.05, 0.1) is 44.6 Å². The number of phenolic OH excluding ortho intramolecular Hbond substituents is 1. The van der Waals surface area contributed by atoms with E-state index in [-0.39, 0.29) is 78.7 Å². The first kappa shape index (κ1) is 51.2. The number of carbonyl (C=O) groups is 1. The van der Waals surface area contributed by atoms with E-state index in [0.717, 1.165) is 96.6 Å². The van der Waals surface area contributed by atoms with Crippen molar-refractivity contribution in [2.24, 2.45) is 22.4 Å². The molecule has 1 aliphatic carbocycles. The molecule has 4 aliphatic heterocycles. The van der Waals surface area contributed by atoms with Gasteiger partial charge in [-0.3, -0.25) is 4.79 Å².